The van der Waals surface area contributed by atoms with Gasteiger partial charge in [-0.05, 0) is 36.3 Å². The van der Waals surface area contributed by atoms with Crippen LogP contribution >= 0.6 is 0 Å². The van der Waals surface area contributed by atoms with Crippen LogP contribution in [0.25, 0.3) is 0 Å². The largest absolute Gasteiger partial charge is 0.414 e. The third kappa shape index (κ3) is 4.47. The van der Waals surface area contributed by atoms with Crippen LogP contribution in [0.3, 0.4) is 0 Å². The molecular weight excluding hydrogens is 326 g/mol. The van der Waals surface area contributed by atoms with Crippen molar-refractivity contribution in [3.8, 4) is 0 Å². The molecule has 0 radical (unpaired) electrons. The Labute approximate surface area is 138 Å². The summed E-state index contributed by atoms with van der Waals surface area (Å²) in [7, 11) is 0. The Morgan fingerprint density at radius 2 is 1.88 bits per heavy atom. The van der Waals surface area contributed by atoms with E-state index < -0.39 is 18.2 Å². The highest BCUT2D eigenvalue weighted by Gasteiger charge is 2.44. The smallest absolute Gasteiger partial charge is 0.383 e. The van der Waals surface area contributed by atoms with Gasteiger partial charge < -0.3 is 10.0 Å². The number of hydrogen-bond acceptors (Lipinski definition) is 2. The standard InChI is InChI=1S/C17H21F4NO2/c1-11(13-4-2-3-5-14(13)18)10-15(23)22-8-6-12(7-9-22)16(24)17(19,20)21/h2-5,11-12,16,24H,6-10H2,1H3. The topological polar surface area (TPSA) is 40.5 Å². The van der Waals surface area contributed by atoms with E-state index in [0.29, 0.717) is 5.56 Å². The summed E-state index contributed by atoms with van der Waals surface area (Å²) in [6, 6.07) is 6.23. The van der Waals surface area contributed by atoms with Crippen molar-refractivity contribution in [2.24, 2.45) is 5.92 Å². The Balaban J connectivity index is 1.88. The number of piperidine rings is 1. The number of aliphatic hydroxyl groups is 1. The zero-order valence-corrected chi connectivity index (χ0v) is 13.4. The van der Waals surface area contributed by atoms with Crippen LogP contribution in [-0.2, 0) is 4.79 Å². The molecule has 0 spiro atoms. The van der Waals surface area contributed by atoms with Crippen LogP contribution in [0, 0.1) is 11.7 Å². The Hall–Kier alpha value is -1.63. The molecule has 1 aromatic rings. The second-order valence-electron chi connectivity index (χ2n) is 6.33. The highest BCUT2D eigenvalue weighted by atomic mass is 19.4. The van der Waals surface area contributed by atoms with Crippen molar-refractivity contribution in [2.75, 3.05) is 13.1 Å². The number of carbonyl (C=O) groups is 1. The van der Waals surface area contributed by atoms with E-state index in [-0.39, 0.29) is 50.0 Å². The van der Waals surface area contributed by atoms with Crippen molar-refractivity contribution in [3.05, 3.63) is 35.6 Å². The molecule has 7 heteroatoms. The fourth-order valence-corrected chi connectivity index (χ4v) is 3.11. The lowest BCUT2D eigenvalue weighted by Crippen LogP contribution is -2.45. The third-order valence-corrected chi connectivity index (χ3v) is 4.59. The summed E-state index contributed by atoms with van der Waals surface area (Å²) < 4.78 is 51.3. The molecule has 1 fully saturated rings. The summed E-state index contributed by atoms with van der Waals surface area (Å²) in [6.45, 7) is 2.11. The Morgan fingerprint density at radius 1 is 1.29 bits per heavy atom. The lowest BCUT2D eigenvalue weighted by atomic mass is 9.90. The summed E-state index contributed by atoms with van der Waals surface area (Å²) in [6.07, 6.45) is -6.64. The number of nitrogens with zero attached hydrogens (tertiary/aromatic N) is 1. The van der Waals surface area contributed by atoms with Gasteiger partial charge in [0, 0.05) is 19.5 Å². The maximum atomic E-state index is 13.7. The molecule has 1 amide bonds. The van der Waals surface area contributed by atoms with Crippen LogP contribution in [-0.4, -0.2) is 41.3 Å². The number of amides is 1. The Bertz CT molecular complexity index is 568. The maximum Gasteiger partial charge on any atom is 0.414 e. The van der Waals surface area contributed by atoms with E-state index >= 15 is 0 Å². The number of benzene rings is 1. The van der Waals surface area contributed by atoms with E-state index in [2.05, 4.69) is 0 Å². The monoisotopic (exact) mass is 347 g/mol. The third-order valence-electron chi connectivity index (χ3n) is 4.59. The number of carbonyl (C=O) groups excluding carboxylic acids is 1. The average molecular weight is 347 g/mol. The highest BCUT2D eigenvalue weighted by molar-refractivity contribution is 5.77. The van der Waals surface area contributed by atoms with Crippen LogP contribution in [0.5, 0.6) is 0 Å². The first-order valence-corrected chi connectivity index (χ1v) is 7.97. The molecule has 3 nitrogen and oxygen atoms in total. The summed E-state index contributed by atoms with van der Waals surface area (Å²) in [5.41, 5.74) is 0.452. The molecule has 1 aromatic carbocycles. The molecule has 24 heavy (non-hydrogen) atoms. The number of alkyl halides is 3. The summed E-state index contributed by atoms with van der Waals surface area (Å²) >= 11 is 0. The van der Waals surface area contributed by atoms with E-state index in [1.807, 2.05) is 0 Å². The molecule has 0 aliphatic carbocycles. The molecule has 0 bridgehead atoms. The van der Waals surface area contributed by atoms with Gasteiger partial charge in [-0.15, -0.1) is 0 Å². The number of likely N-dealkylation sites (tertiary alicyclic amines) is 1. The summed E-state index contributed by atoms with van der Waals surface area (Å²) in [4.78, 5) is 13.8. The fourth-order valence-electron chi connectivity index (χ4n) is 3.11. The van der Waals surface area contributed by atoms with Crippen molar-refractivity contribution in [3.63, 3.8) is 0 Å². The lowest BCUT2D eigenvalue weighted by Gasteiger charge is -2.35. The van der Waals surface area contributed by atoms with Crippen molar-refractivity contribution >= 4 is 5.91 Å². The first-order valence-electron chi connectivity index (χ1n) is 7.97. The van der Waals surface area contributed by atoms with Gasteiger partial charge in [0.25, 0.3) is 0 Å². The summed E-state index contributed by atoms with van der Waals surface area (Å²) in [5, 5.41) is 9.29. The minimum Gasteiger partial charge on any atom is -0.383 e. The molecule has 2 rings (SSSR count). The van der Waals surface area contributed by atoms with Gasteiger partial charge in [-0.3, -0.25) is 4.79 Å². The van der Waals surface area contributed by atoms with Gasteiger partial charge in [0.1, 0.15) is 5.82 Å². The van der Waals surface area contributed by atoms with E-state index in [1.54, 1.807) is 25.1 Å². The quantitative estimate of drug-likeness (QED) is 0.847. The van der Waals surface area contributed by atoms with Gasteiger partial charge in [0.05, 0.1) is 0 Å². The van der Waals surface area contributed by atoms with Crippen molar-refractivity contribution in [1.29, 1.82) is 0 Å². The van der Waals surface area contributed by atoms with Crippen molar-refractivity contribution < 1.29 is 27.5 Å². The van der Waals surface area contributed by atoms with E-state index in [0.717, 1.165) is 0 Å². The normalized spacial score (nSPS) is 19.2. The Morgan fingerprint density at radius 3 is 2.42 bits per heavy atom. The van der Waals surface area contributed by atoms with E-state index in [4.69, 9.17) is 0 Å². The molecule has 0 aromatic heterocycles. The van der Waals surface area contributed by atoms with Gasteiger partial charge in [-0.1, -0.05) is 25.1 Å². The SMILES string of the molecule is CC(CC(=O)N1CCC(C(O)C(F)(F)F)CC1)c1ccccc1F. The molecule has 134 valence electrons. The predicted octanol–water partition coefficient (Wildman–Crippen LogP) is 3.48. The molecule has 1 N–H and O–H groups in total. The van der Waals surface area contributed by atoms with Crippen LogP contribution in [0.2, 0.25) is 0 Å². The van der Waals surface area contributed by atoms with Crippen LogP contribution in [0.15, 0.2) is 24.3 Å². The second kappa shape index (κ2) is 7.51. The van der Waals surface area contributed by atoms with Gasteiger partial charge >= 0.3 is 6.18 Å². The fraction of sp³-hybridized carbons (Fsp3) is 0.588. The first kappa shape index (κ1) is 18.7. The number of aliphatic hydroxyl groups excluding tert-OH is 1. The number of halogens is 4. The van der Waals surface area contributed by atoms with Gasteiger partial charge in [-0.2, -0.15) is 13.2 Å². The van der Waals surface area contributed by atoms with Crippen molar-refractivity contribution in [1.82, 2.24) is 4.90 Å². The molecule has 1 aliphatic heterocycles. The lowest BCUT2D eigenvalue weighted by molar-refractivity contribution is -0.222. The highest BCUT2D eigenvalue weighted by Crippen LogP contribution is 2.32. The summed E-state index contributed by atoms with van der Waals surface area (Å²) in [5.74, 6) is -1.76. The Kier molecular flexibility index (Phi) is 5.85. The first-order chi connectivity index (χ1) is 11.2. The van der Waals surface area contributed by atoms with Crippen LogP contribution in [0.1, 0.15) is 37.7 Å². The van der Waals surface area contributed by atoms with Crippen LogP contribution in [0.4, 0.5) is 17.6 Å². The number of rotatable bonds is 4. The number of hydrogen-bond donors (Lipinski definition) is 1. The van der Waals surface area contributed by atoms with Gasteiger partial charge in [0.2, 0.25) is 5.91 Å². The predicted molar refractivity (Wildman–Crippen MR) is 80.8 cm³/mol. The maximum absolute atomic E-state index is 13.7. The molecular formula is C17H21F4NO2. The van der Waals surface area contributed by atoms with Gasteiger partial charge in [0.15, 0.2) is 6.10 Å². The molecule has 1 saturated heterocycles. The molecule has 1 heterocycles. The van der Waals surface area contributed by atoms with E-state index in [9.17, 15) is 27.5 Å². The molecule has 1 aliphatic rings. The van der Waals surface area contributed by atoms with Gasteiger partial charge in [-0.25, -0.2) is 4.39 Å². The zero-order valence-electron chi connectivity index (χ0n) is 13.4. The zero-order chi connectivity index (χ0) is 17.9. The average Bonchev–Trinajstić information content (AvgIpc) is 2.53. The molecule has 0 saturated carbocycles. The molecule has 2 unspecified atom stereocenters. The minimum absolute atomic E-state index is 0.105. The van der Waals surface area contributed by atoms with Crippen LogP contribution < -0.4 is 0 Å². The minimum atomic E-state index is -4.63. The second-order valence-corrected chi connectivity index (χ2v) is 6.33. The van der Waals surface area contributed by atoms with Crippen molar-refractivity contribution in [2.45, 2.75) is 44.4 Å². The van der Waals surface area contributed by atoms with E-state index in [1.165, 1.54) is 11.0 Å². The molecule has 2 atom stereocenters.